The average molecular weight is 282 g/mol. The predicted molar refractivity (Wildman–Crippen MR) is 85.1 cm³/mol. The molecule has 0 saturated carbocycles. The molecule has 0 spiro atoms. The molecule has 0 amide bonds. The summed E-state index contributed by atoms with van der Waals surface area (Å²) < 4.78 is 6.20. The molecule has 2 aliphatic rings. The number of hydrogen-bond acceptors (Lipinski definition) is 3. The molecule has 2 rings (SSSR count). The Morgan fingerprint density at radius 2 is 1.70 bits per heavy atom. The molecule has 3 nitrogen and oxygen atoms in total. The third-order valence-corrected chi connectivity index (χ3v) is 5.01. The molecule has 2 heterocycles. The van der Waals surface area contributed by atoms with Crippen molar-refractivity contribution in [3.8, 4) is 0 Å². The second-order valence-corrected chi connectivity index (χ2v) is 7.93. The van der Waals surface area contributed by atoms with Crippen LogP contribution in [-0.4, -0.2) is 60.3 Å². The molecule has 0 N–H and O–H groups in total. The summed E-state index contributed by atoms with van der Waals surface area (Å²) in [5.41, 5.74) is 0.317. The Labute approximate surface area is 125 Å². The van der Waals surface area contributed by atoms with Crippen LogP contribution in [-0.2, 0) is 4.74 Å². The van der Waals surface area contributed by atoms with Gasteiger partial charge in [0.05, 0.1) is 12.7 Å². The lowest BCUT2D eigenvalue weighted by Crippen LogP contribution is -2.41. The van der Waals surface area contributed by atoms with E-state index in [1.165, 1.54) is 45.4 Å². The van der Waals surface area contributed by atoms with Crippen molar-refractivity contribution >= 4 is 0 Å². The summed E-state index contributed by atoms with van der Waals surface area (Å²) in [6.45, 7) is 17.4. The van der Waals surface area contributed by atoms with Crippen molar-refractivity contribution in [3.63, 3.8) is 0 Å². The van der Waals surface area contributed by atoms with E-state index < -0.39 is 0 Å². The molecule has 1 unspecified atom stereocenters. The molecule has 20 heavy (non-hydrogen) atoms. The molecule has 0 radical (unpaired) electrons. The maximum Gasteiger partial charge on any atom is 0.0599 e. The van der Waals surface area contributed by atoms with E-state index in [4.69, 9.17) is 4.74 Å². The first-order valence-corrected chi connectivity index (χ1v) is 8.47. The highest BCUT2D eigenvalue weighted by Gasteiger charge is 2.31. The Morgan fingerprint density at radius 3 is 2.20 bits per heavy atom. The van der Waals surface area contributed by atoms with E-state index in [2.05, 4.69) is 44.4 Å². The maximum absolute atomic E-state index is 6.20. The molecule has 2 fully saturated rings. The van der Waals surface area contributed by atoms with Crippen molar-refractivity contribution in [2.75, 3.05) is 32.8 Å². The summed E-state index contributed by atoms with van der Waals surface area (Å²) in [5, 5.41) is 0. The molecule has 118 valence electrons. The Hall–Kier alpha value is -0.120. The first-order chi connectivity index (χ1) is 9.36. The number of piperidine rings is 1. The van der Waals surface area contributed by atoms with Crippen LogP contribution in [0.2, 0.25) is 0 Å². The first kappa shape index (κ1) is 16.3. The predicted octanol–water partition coefficient (Wildman–Crippen LogP) is 3.00. The lowest BCUT2D eigenvalue weighted by Gasteiger charge is -2.35. The van der Waals surface area contributed by atoms with Crippen LogP contribution in [0.5, 0.6) is 0 Å². The summed E-state index contributed by atoms with van der Waals surface area (Å²) >= 11 is 0. The third kappa shape index (κ3) is 4.44. The van der Waals surface area contributed by atoms with Gasteiger partial charge in [-0.1, -0.05) is 0 Å². The van der Waals surface area contributed by atoms with Crippen molar-refractivity contribution < 1.29 is 4.74 Å². The van der Waals surface area contributed by atoms with Gasteiger partial charge in [0.1, 0.15) is 0 Å². The van der Waals surface area contributed by atoms with Gasteiger partial charge in [0.15, 0.2) is 0 Å². The van der Waals surface area contributed by atoms with Gasteiger partial charge in [-0.2, -0.15) is 0 Å². The topological polar surface area (TPSA) is 15.7 Å². The van der Waals surface area contributed by atoms with Crippen molar-refractivity contribution in [2.24, 2.45) is 5.92 Å². The van der Waals surface area contributed by atoms with Gasteiger partial charge in [0.2, 0.25) is 0 Å². The molecule has 0 aromatic carbocycles. The monoisotopic (exact) mass is 282 g/mol. The Kier molecular flexibility index (Phi) is 5.49. The van der Waals surface area contributed by atoms with Crippen molar-refractivity contribution in [2.45, 2.75) is 71.6 Å². The van der Waals surface area contributed by atoms with Gasteiger partial charge in [-0.25, -0.2) is 0 Å². The van der Waals surface area contributed by atoms with E-state index in [-0.39, 0.29) is 0 Å². The Morgan fingerprint density at radius 1 is 1.05 bits per heavy atom. The van der Waals surface area contributed by atoms with E-state index >= 15 is 0 Å². The van der Waals surface area contributed by atoms with Crippen LogP contribution in [0.25, 0.3) is 0 Å². The highest BCUT2D eigenvalue weighted by molar-refractivity contribution is 4.85. The minimum absolute atomic E-state index is 0.317. The van der Waals surface area contributed by atoms with Crippen molar-refractivity contribution in [1.29, 1.82) is 0 Å². The standard InChI is InChI=1S/C17H34N2O/c1-14(2)18-9-7-16(8-10-18)20-13-15-6-11-19(12-15)17(3,4)5/h14-16H,6-13H2,1-5H3. The quantitative estimate of drug-likeness (QED) is 0.788. The fourth-order valence-corrected chi connectivity index (χ4v) is 3.41. The molecule has 3 heteroatoms. The summed E-state index contributed by atoms with van der Waals surface area (Å²) in [6, 6.07) is 0.686. The van der Waals surface area contributed by atoms with Crippen LogP contribution < -0.4 is 0 Å². The minimum atomic E-state index is 0.317. The van der Waals surface area contributed by atoms with Crippen molar-refractivity contribution in [1.82, 2.24) is 9.80 Å². The van der Waals surface area contributed by atoms with Gasteiger partial charge in [-0.05, 0) is 66.3 Å². The molecular formula is C17H34N2O. The van der Waals surface area contributed by atoms with E-state index in [9.17, 15) is 0 Å². The van der Waals surface area contributed by atoms with Gasteiger partial charge in [0.25, 0.3) is 0 Å². The third-order valence-electron chi connectivity index (χ3n) is 5.01. The Bertz CT molecular complexity index is 290. The second kappa shape index (κ2) is 6.76. The highest BCUT2D eigenvalue weighted by atomic mass is 16.5. The number of likely N-dealkylation sites (tertiary alicyclic amines) is 2. The fourth-order valence-electron chi connectivity index (χ4n) is 3.41. The molecule has 2 aliphatic heterocycles. The average Bonchev–Trinajstić information content (AvgIpc) is 2.85. The number of rotatable bonds is 4. The summed E-state index contributed by atoms with van der Waals surface area (Å²) in [5.74, 6) is 0.748. The molecule has 0 bridgehead atoms. The summed E-state index contributed by atoms with van der Waals surface area (Å²) in [6.07, 6.45) is 4.25. The van der Waals surface area contributed by atoms with Crippen LogP contribution in [0.1, 0.15) is 53.9 Å². The maximum atomic E-state index is 6.20. The molecule has 0 aromatic heterocycles. The number of ether oxygens (including phenoxy) is 1. The van der Waals surface area contributed by atoms with E-state index in [1.54, 1.807) is 0 Å². The fraction of sp³-hybridized carbons (Fsp3) is 1.00. The van der Waals surface area contributed by atoms with Crippen LogP contribution in [0.4, 0.5) is 0 Å². The molecule has 0 aliphatic carbocycles. The zero-order valence-corrected chi connectivity index (χ0v) is 14.2. The summed E-state index contributed by atoms with van der Waals surface area (Å²) in [7, 11) is 0. The Balaban J connectivity index is 1.65. The SMILES string of the molecule is CC(C)N1CCC(OCC2CCN(C(C)(C)C)C2)CC1. The van der Waals surface area contributed by atoms with E-state index in [0.717, 1.165) is 12.5 Å². The van der Waals surface area contributed by atoms with E-state index in [1.807, 2.05) is 0 Å². The molecule has 2 saturated heterocycles. The number of hydrogen-bond donors (Lipinski definition) is 0. The highest BCUT2D eigenvalue weighted by Crippen LogP contribution is 2.25. The van der Waals surface area contributed by atoms with Crippen LogP contribution >= 0.6 is 0 Å². The van der Waals surface area contributed by atoms with Gasteiger partial charge in [-0.3, -0.25) is 4.90 Å². The van der Waals surface area contributed by atoms with Crippen LogP contribution in [0, 0.1) is 5.92 Å². The number of nitrogens with zero attached hydrogens (tertiary/aromatic N) is 2. The zero-order chi connectivity index (χ0) is 14.8. The van der Waals surface area contributed by atoms with E-state index in [0.29, 0.717) is 17.7 Å². The lowest BCUT2D eigenvalue weighted by atomic mass is 10.1. The lowest BCUT2D eigenvalue weighted by molar-refractivity contribution is -0.0139. The van der Waals surface area contributed by atoms with Gasteiger partial charge in [-0.15, -0.1) is 0 Å². The van der Waals surface area contributed by atoms with Gasteiger partial charge < -0.3 is 9.64 Å². The molecule has 0 aromatic rings. The minimum Gasteiger partial charge on any atom is -0.378 e. The van der Waals surface area contributed by atoms with Gasteiger partial charge in [0, 0.05) is 31.2 Å². The molecule has 1 atom stereocenters. The van der Waals surface area contributed by atoms with Crippen LogP contribution in [0.3, 0.4) is 0 Å². The zero-order valence-electron chi connectivity index (χ0n) is 14.2. The normalized spacial score (nSPS) is 27.6. The van der Waals surface area contributed by atoms with Crippen molar-refractivity contribution in [3.05, 3.63) is 0 Å². The first-order valence-electron chi connectivity index (χ1n) is 8.47. The summed E-state index contributed by atoms with van der Waals surface area (Å²) in [4.78, 5) is 5.17. The van der Waals surface area contributed by atoms with Crippen LogP contribution in [0.15, 0.2) is 0 Å². The largest absolute Gasteiger partial charge is 0.378 e. The van der Waals surface area contributed by atoms with Gasteiger partial charge >= 0.3 is 0 Å². The second-order valence-electron chi connectivity index (χ2n) is 7.93. The smallest absolute Gasteiger partial charge is 0.0599 e. The molecular weight excluding hydrogens is 248 g/mol.